The largest absolute Gasteiger partial charge is 0.369 e. The number of hydrogen-bond donors (Lipinski definition) is 2. The van der Waals surface area contributed by atoms with Crippen LogP contribution in [0.5, 0.6) is 0 Å². The van der Waals surface area contributed by atoms with E-state index in [-0.39, 0.29) is 10.7 Å². The summed E-state index contributed by atoms with van der Waals surface area (Å²) in [7, 11) is -3.90. The Morgan fingerprint density at radius 3 is 2.14 bits per heavy atom. The number of rotatable bonds is 4. The molecule has 0 spiro atoms. The molecule has 4 N–H and O–H groups in total. The second-order valence-corrected chi connectivity index (χ2v) is 5.90. The molecule has 0 aromatic heterocycles. The highest BCUT2D eigenvalue weighted by molar-refractivity contribution is 7.90. The molecule has 2 rings (SSSR count). The minimum Gasteiger partial charge on any atom is -0.369 e. The summed E-state index contributed by atoms with van der Waals surface area (Å²) in [6, 6.07) is 11.5. The molecular formula is C14H13FN4O2S. The lowest BCUT2D eigenvalue weighted by molar-refractivity contribution is 0.598. The van der Waals surface area contributed by atoms with E-state index < -0.39 is 16.0 Å². The van der Waals surface area contributed by atoms with E-state index in [0.717, 1.165) is 5.56 Å². The maximum atomic E-state index is 12.8. The van der Waals surface area contributed by atoms with Crippen LogP contribution in [-0.4, -0.2) is 20.6 Å². The Kier molecular flexibility index (Phi) is 4.52. The van der Waals surface area contributed by atoms with Crippen LogP contribution in [0.25, 0.3) is 0 Å². The van der Waals surface area contributed by atoms with E-state index in [1.165, 1.54) is 36.4 Å². The molecule has 6 nitrogen and oxygen atoms in total. The van der Waals surface area contributed by atoms with Crippen LogP contribution in [0.2, 0.25) is 0 Å². The maximum Gasteiger partial charge on any atom is 0.285 e. The Balaban J connectivity index is 2.19. The summed E-state index contributed by atoms with van der Waals surface area (Å²) in [6.07, 6.45) is 1.54. The van der Waals surface area contributed by atoms with E-state index in [1.807, 2.05) is 0 Å². The lowest BCUT2D eigenvalue weighted by Gasteiger charge is -2.00. The van der Waals surface area contributed by atoms with Gasteiger partial charge in [0, 0.05) is 6.21 Å². The van der Waals surface area contributed by atoms with Gasteiger partial charge in [0.2, 0.25) is 5.96 Å². The molecule has 0 heterocycles. The molecule has 0 aliphatic heterocycles. The number of guanidine groups is 1. The third-order valence-corrected chi connectivity index (χ3v) is 3.91. The molecule has 0 radical (unpaired) electrons. The van der Waals surface area contributed by atoms with Gasteiger partial charge in [0.05, 0.1) is 10.6 Å². The molecule has 0 fully saturated rings. The van der Waals surface area contributed by atoms with Crippen LogP contribution in [0, 0.1) is 5.82 Å². The zero-order valence-electron chi connectivity index (χ0n) is 11.3. The lowest BCUT2D eigenvalue weighted by atomic mass is 10.2. The quantitative estimate of drug-likeness (QED) is 0.657. The second-order valence-electron chi connectivity index (χ2n) is 4.29. The lowest BCUT2D eigenvalue weighted by Crippen LogP contribution is -2.24. The van der Waals surface area contributed by atoms with E-state index >= 15 is 0 Å². The van der Waals surface area contributed by atoms with Gasteiger partial charge in [-0.3, -0.25) is 4.99 Å². The highest BCUT2D eigenvalue weighted by Gasteiger charge is 2.12. The number of benzene rings is 2. The molecule has 8 heteroatoms. The molecular weight excluding hydrogens is 307 g/mol. The van der Waals surface area contributed by atoms with Crippen molar-refractivity contribution in [2.75, 3.05) is 0 Å². The van der Waals surface area contributed by atoms with Crippen LogP contribution in [0.15, 0.2) is 62.8 Å². The summed E-state index contributed by atoms with van der Waals surface area (Å²) in [5.74, 6) is -0.857. The predicted octanol–water partition coefficient (Wildman–Crippen LogP) is 1.54. The van der Waals surface area contributed by atoms with Gasteiger partial charge in [-0.25, -0.2) is 4.39 Å². The summed E-state index contributed by atoms with van der Waals surface area (Å²) in [4.78, 5) is 4.12. The van der Waals surface area contributed by atoms with Crippen LogP contribution in [0.4, 0.5) is 10.1 Å². The molecule has 0 aliphatic carbocycles. The molecule has 114 valence electrons. The first kappa shape index (κ1) is 15.6. The van der Waals surface area contributed by atoms with E-state index in [9.17, 15) is 12.8 Å². The van der Waals surface area contributed by atoms with E-state index in [2.05, 4.69) is 9.39 Å². The minimum atomic E-state index is -3.90. The van der Waals surface area contributed by atoms with Crippen LogP contribution < -0.4 is 11.5 Å². The highest BCUT2D eigenvalue weighted by Crippen LogP contribution is 2.18. The average molecular weight is 320 g/mol. The molecule has 0 saturated heterocycles. The number of nitrogens with zero attached hydrogens (tertiary/aromatic N) is 2. The van der Waals surface area contributed by atoms with Crippen molar-refractivity contribution in [1.29, 1.82) is 0 Å². The fraction of sp³-hybridized carbons (Fsp3) is 0. The van der Waals surface area contributed by atoms with Gasteiger partial charge >= 0.3 is 0 Å². The zero-order chi connectivity index (χ0) is 16.2. The van der Waals surface area contributed by atoms with Crippen LogP contribution in [-0.2, 0) is 10.0 Å². The smallest absolute Gasteiger partial charge is 0.285 e. The third kappa shape index (κ3) is 4.13. The number of halogens is 1. The Hall–Kier alpha value is -2.74. The molecule has 0 aliphatic rings. The molecule has 0 bridgehead atoms. The van der Waals surface area contributed by atoms with Gasteiger partial charge < -0.3 is 11.5 Å². The van der Waals surface area contributed by atoms with Crippen molar-refractivity contribution in [3.8, 4) is 0 Å². The Labute approximate surface area is 127 Å². The van der Waals surface area contributed by atoms with Gasteiger partial charge in [0.25, 0.3) is 10.0 Å². The van der Waals surface area contributed by atoms with Gasteiger partial charge in [0.1, 0.15) is 5.82 Å². The third-order valence-electron chi connectivity index (χ3n) is 2.59. The van der Waals surface area contributed by atoms with Crippen molar-refractivity contribution in [3.63, 3.8) is 0 Å². The summed E-state index contributed by atoms with van der Waals surface area (Å²) >= 11 is 0. The highest BCUT2D eigenvalue weighted by atomic mass is 32.2. The van der Waals surface area contributed by atoms with Crippen molar-refractivity contribution in [3.05, 3.63) is 59.9 Å². The first-order valence-corrected chi connectivity index (χ1v) is 7.56. The fourth-order valence-corrected chi connectivity index (χ4v) is 2.46. The molecule has 2 aromatic rings. The van der Waals surface area contributed by atoms with Crippen LogP contribution >= 0.6 is 0 Å². The van der Waals surface area contributed by atoms with Crippen molar-refractivity contribution in [1.82, 2.24) is 0 Å². The summed E-state index contributed by atoms with van der Waals surface area (Å²) in [6.45, 7) is 0. The molecule has 0 unspecified atom stereocenters. The fourth-order valence-electron chi connectivity index (χ4n) is 1.59. The molecule has 2 aromatic carbocycles. The number of sulfonamides is 1. The Bertz CT molecular complexity index is 809. The van der Waals surface area contributed by atoms with Crippen molar-refractivity contribution in [2.24, 2.45) is 20.9 Å². The normalized spacial score (nSPS) is 11.5. The number of hydrogen-bond acceptors (Lipinski definition) is 3. The summed E-state index contributed by atoms with van der Waals surface area (Å²) in [5, 5.41) is 0. The number of aliphatic imine (C=N–C) groups is 1. The van der Waals surface area contributed by atoms with Gasteiger partial charge in [-0.2, -0.15) is 8.42 Å². The molecule has 0 atom stereocenters. The van der Waals surface area contributed by atoms with Crippen molar-refractivity contribution in [2.45, 2.75) is 4.90 Å². The van der Waals surface area contributed by atoms with Gasteiger partial charge in [-0.05, 0) is 42.0 Å². The predicted molar refractivity (Wildman–Crippen MR) is 83.1 cm³/mol. The first-order valence-electron chi connectivity index (χ1n) is 6.12. The Morgan fingerprint density at radius 1 is 1.00 bits per heavy atom. The zero-order valence-corrected chi connectivity index (χ0v) is 12.2. The van der Waals surface area contributed by atoms with Gasteiger partial charge in [0.15, 0.2) is 0 Å². The Morgan fingerprint density at radius 2 is 1.59 bits per heavy atom. The van der Waals surface area contributed by atoms with Crippen molar-refractivity contribution >= 4 is 27.9 Å². The van der Waals surface area contributed by atoms with E-state index in [1.54, 1.807) is 18.3 Å². The summed E-state index contributed by atoms with van der Waals surface area (Å²) < 4.78 is 39.4. The van der Waals surface area contributed by atoms with Crippen molar-refractivity contribution < 1.29 is 12.8 Å². The second kappa shape index (κ2) is 6.35. The maximum absolute atomic E-state index is 12.8. The SMILES string of the molecule is NC(N)=NS(=O)(=O)c1ccc(N=Cc2ccc(F)cc2)cc1. The van der Waals surface area contributed by atoms with E-state index in [0.29, 0.717) is 5.69 Å². The topological polar surface area (TPSA) is 111 Å². The number of nitrogens with two attached hydrogens (primary N) is 2. The molecule has 0 saturated carbocycles. The van der Waals surface area contributed by atoms with Gasteiger partial charge in [-0.1, -0.05) is 12.1 Å². The standard InChI is InChI=1S/C14H13FN4O2S/c15-11-3-1-10(2-4-11)9-18-12-5-7-13(8-6-12)22(20,21)19-14(16)17/h1-9H,(H4,16,17,19). The van der Waals surface area contributed by atoms with Crippen LogP contribution in [0.1, 0.15) is 5.56 Å². The minimum absolute atomic E-state index is 0.0402. The van der Waals surface area contributed by atoms with Crippen LogP contribution in [0.3, 0.4) is 0 Å². The van der Waals surface area contributed by atoms with E-state index in [4.69, 9.17) is 11.5 Å². The monoisotopic (exact) mass is 320 g/mol. The molecule has 22 heavy (non-hydrogen) atoms. The first-order chi connectivity index (χ1) is 10.4. The summed E-state index contributed by atoms with van der Waals surface area (Å²) in [5.41, 5.74) is 11.4. The molecule has 0 amide bonds. The average Bonchev–Trinajstić information content (AvgIpc) is 2.46. The van der Waals surface area contributed by atoms with Gasteiger partial charge in [-0.15, -0.1) is 4.40 Å².